The van der Waals surface area contributed by atoms with E-state index in [4.69, 9.17) is 5.73 Å². The molecule has 0 bridgehead atoms. The molecule has 0 atom stereocenters. The van der Waals surface area contributed by atoms with Crippen molar-refractivity contribution in [3.05, 3.63) is 33.0 Å². The van der Waals surface area contributed by atoms with Crippen molar-refractivity contribution < 1.29 is 9.59 Å². The third kappa shape index (κ3) is 3.53. The van der Waals surface area contributed by atoms with Crippen LogP contribution in [0.2, 0.25) is 0 Å². The largest absolute Gasteiger partial charge is 0.366 e. The molecule has 0 unspecified atom stereocenters. The lowest BCUT2D eigenvalue weighted by molar-refractivity contribution is 0.0772. The third-order valence-electron chi connectivity index (χ3n) is 3.76. The lowest BCUT2D eigenvalue weighted by Gasteiger charge is -2.21. The number of rotatable bonds is 3. The number of aromatic nitrogens is 1. The number of thiazole rings is 1. The van der Waals surface area contributed by atoms with Gasteiger partial charge in [-0.1, -0.05) is 0 Å². The molecule has 0 aromatic carbocycles. The van der Waals surface area contributed by atoms with Crippen LogP contribution in [0, 0.1) is 6.92 Å². The molecule has 2 aromatic rings. The predicted octanol–water partition coefficient (Wildman–Crippen LogP) is 1.96. The van der Waals surface area contributed by atoms with Gasteiger partial charge in [-0.3, -0.25) is 9.59 Å². The maximum atomic E-state index is 12.6. The molecule has 2 N–H and O–H groups in total. The number of carbonyl (C=O) groups is 2. The van der Waals surface area contributed by atoms with Crippen molar-refractivity contribution in [2.24, 2.45) is 5.73 Å². The van der Waals surface area contributed by atoms with Crippen LogP contribution in [0.1, 0.15) is 32.1 Å². The van der Waals surface area contributed by atoms with Gasteiger partial charge in [0.15, 0.2) is 5.13 Å². The normalized spacial score (nSPS) is 15.5. The summed E-state index contributed by atoms with van der Waals surface area (Å²) in [6.45, 7) is 5.02. The van der Waals surface area contributed by atoms with E-state index in [2.05, 4.69) is 9.88 Å². The van der Waals surface area contributed by atoms with E-state index in [1.165, 1.54) is 11.3 Å². The summed E-state index contributed by atoms with van der Waals surface area (Å²) in [5.74, 6) is -0.527. The number of thiophene rings is 1. The molecule has 3 heterocycles. The Balaban J connectivity index is 1.67. The lowest BCUT2D eigenvalue weighted by Crippen LogP contribution is -2.34. The number of nitrogens with zero attached hydrogens (tertiary/aromatic N) is 3. The minimum Gasteiger partial charge on any atom is -0.366 e. The van der Waals surface area contributed by atoms with Gasteiger partial charge in [-0.25, -0.2) is 4.98 Å². The van der Waals surface area contributed by atoms with Gasteiger partial charge in [-0.2, -0.15) is 0 Å². The van der Waals surface area contributed by atoms with Gasteiger partial charge in [0.05, 0.1) is 16.1 Å². The second kappa shape index (κ2) is 6.67. The second-order valence-corrected chi connectivity index (χ2v) is 7.22. The van der Waals surface area contributed by atoms with Gasteiger partial charge in [0.2, 0.25) is 5.91 Å². The van der Waals surface area contributed by atoms with Gasteiger partial charge in [-0.15, -0.1) is 22.7 Å². The molecule has 6 nitrogen and oxygen atoms in total. The van der Waals surface area contributed by atoms with Crippen molar-refractivity contribution in [2.75, 3.05) is 31.1 Å². The van der Waals surface area contributed by atoms with Gasteiger partial charge >= 0.3 is 0 Å². The Labute approximate surface area is 142 Å². The summed E-state index contributed by atoms with van der Waals surface area (Å²) in [6, 6.07) is 1.59. The fraction of sp³-hybridized carbons (Fsp3) is 0.400. The summed E-state index contributed by atoms with van der Waals surface area (Å²) in [4.78, 5) is 32.9. The van der Waals surface area contributed by atoms with E-state index in [9.17, 15) is 9.59 Å². The topological polar surface area (TPSA) is 79.5 Å². The van der Waals surface area contributed by atoms with Crippen LogP contribution >= 0.6 is 22.7 Å². The molecule has 8 heteroatoms. The Bertz CT molecular complexity index is 725. The smallest absolute Gasteiger partial charge is 0.264 e. The third-order valence-corrected chi connectivity index (χ3v) is 5.69. The highest BCUT2D eigenvalue weighted by Crippen LogP contribution is 2.23. The van der Waals surface area contributed by atoms with E-state index in [1.54, 1.807) is 22.8 Å². The lowest BCUT2D eigenvalue weighted by atomic mass is 10.3. The predicted molar refractivity (Wildman–Crippen MR) is 92.4 cm³/mol. The molecule has 2 amide bonds. The number of hydrogen-bond donors (Lipinski definition) is 1. The second-order valence-electron chi connectivity index (χ2n) is 5.47. The molecular weight excluding hydrogens is 332 g/mol. The van der Waals surface area contributed by atoms with Crippen molar-refractivity contribution >= 4 is 39.6 Å². The number of nitrogens with two attached hydrogens (primary N) is 1. The van der Waals surface area contributed by atoms with Crippen LogP contribution in [0.4, 0.5) is 5.13 Å². The number of carbonyl (C=O) groups excluding carboxylic acids is 2. The first kappa shape index (κ1) is 15.9. The van der Waals surface area contributed by atoms with Gasteiger partial charge in [0.25, 0.3) is 5.91 Å². The SMILES string of the molecule is Cc1csc(N2CCCN(C(=O)c3cc(C(N)=O)cs3)CC2)n1. The first-order chi connectivity index (χ1) is 11.0. The summed E-state index contributed by atoms with van der Waals surface area (Å²) >= 11 is 2.91. The minimum atomic E-state index is -0.499. The van der Waals surface area contributed by atoms with Crippen LogP contribution in [-0.4, -0.2) is 47.9 Å². The zero-order valence-corrected chi connectivity index (χ0v) is 14.5. The first-order valence-corrected chi connectivity index (χ1v) is 9.15. The number of amides is 2. The van der Waals surface area contributed by atoms with E-state index in [1.807, 2.05) is 17.2 Å². The van der Waals surface area contributed by atoms with Crippen LogP contribution in [0.3, 0.4) is 0 Å². The van der Waals surface area contributed by atoms with E-state index in [0.717, 1.165) is 30.3 Å². The number of anilines is 1. The van der Waals surface area contributed by atoms with Crippen molar-refractivity contribution in [3.8, 4) is 0 Å². The van der Waals surface area contributed by atoms with E-state index >= 15 is 0 Å². The van der Waals surface area contributed by atoms with Crippen LogP contribution < -0.4 is 10.6 Å². The Morgan fingerprint density at radius 2 is 2.00 bits per heavy atom. The number of aryl methyl sites for hydroxylation is 1. The summed E-state index contributed by atoms with van der Waals surface area (Å²) in [6.07, 6.45) is 0.901. The Morgan fingerprint density at radius 3 is 2.65 bits per heavy atom. The Kier molecular flexibility index (Phi) is 4.63. The minimum absolute atomic E-state index is 0.0281. The van der Waals surface area contributed by atoms with Crippen LogP contribution in [0.25, 0.3) is 0 Å². The molecular formula is C15H18N4O2S2. The molecule has 1 saturated heterocycles. The van der Waals surface area contributed by atoms with E-state index < -0.39 is 5.91 Å². The maximum Gasteiger partial charge on any atom is 0.264 e. The van der Waals surface area contributed by atoms with Crippen molar-refractivity contribution in [3.63, 3.8) is 0 Å². The summed E-state index contributed by atoms with van der Waals surface area (Å²) in [5, 5.41) is 4.70. The van der Waals surface area contributed by atoms with Crippen molar-refractivity contribution in [2.45, 2.75) is 13.3 Å². The zero-order valence-electron chi connectivity index (χ0n) is 12.8. The average Bonchev–Trinajstić information content (AvgIpc) is 3.11. The Morgan fingerprint density at radius 1 is 1.17 bits per heavy atom. The van der Waals surface area contributed by atoms with Gasteiger partial charge in [0, 0.05) is 36.9 Å². The molecule has 2 aromatic heterocycles. The molecule has 1 aliphatic rings. The number of hydrogen-bond acceptors (Lipinski definition) is 6. The highest BCUT2D eigenvalue weighted by atomic mass is 32.1. The van der Waals surface area contributed by atoms with E-state index in [0.29, 0.717) is 23.5 Å². The molecule has 0 aliphatic carbocycles. The average molecular weight is 350 g/mol. The van der Waals surface area contributed by atoms with Gasteiger partial charge < -0.3 is 15.5 Å². The fourth-order valence-electron chi connectivity index (χ4n) is 2.53. The summed E-state index contributed by atoms with van der Waals surface area (Å²) in [5.41, 5.74) is 6.67. The highest BCUT2D eigenvalue weighted by Gasteiger charge is 2.23. The molecule has 0 saturated carbocycles. The van der Waals surface area contributed by atoms with Crippen LogP contribution in [0.5, 0.6) is 0 Å². The summed E-state index contributed by atoms with van der Waals surface area (Å²) < 4.78 is 0. The molecule has 122 valence electrons. The van der Waals surface area contributed by atoms with Gasteiger partial charge in [0.1, 0.15) is 0 Å². The molecule has 1 fully saturated rings. The standard InChI is InChI=1S/C15H18N4O2S2/c1-10-8-23-15(17-10)19-4-2-3-18(5-6-19)14(21)12-7-11(9-22-12)13(16)20/h7-9H,2-6H2,1H3,(H2,16,20). The van der Waals surface area contributed by atoms with E-state index in [-0.39, 0.29) is 5.91 Å². The zero-order chi connectivity index (χ0) is 16.4. The van der Waals surface area contributed by atoms with Gasteiger partial charge in [-0.05, 0) is 19.4 Å². The monoisotopic (exact) mass is 350 g/mol. The highest BCUT2D eigenvalue weighted by molar-refractivity contribution is 7.13. The Hall–Kier alpha value is -1.93. The number of primary amides is 1. The maximum absolute atomic E-state index is 12.6. The van der Waals surface area contributed by atoms with Crippen molar-refractivity contribution in [1.29, 1.82) is 0 Å². The molecule has 23 heavy (non-hydrogen) atoms. The van der Waals surface area contributed by atoms with Crippen LogP contribution in [0.15, 0.2) is 16.8 Å². The molecule has 0 radical (unpaired) electrons. The summed E-state index contributed by atoms with van der Waals surface area (Å²) in [7, 11) is 0. The van der Waals surface area contributed by atoms with Crippen LogP contribution in [-0.2, 0) is 0 Å². The molecule has 3 rings (SSSR count). The molecule has 0 spiro atoms. The molecule has 1 aliphatic heterocycles. The quantitative estimate of drug-likeness (QED) is 0.918. The fourth-order valence-corrected chi connectivity index (χ4v) is 4.25. The van der Waals surface area contributed by atoms with Crippen molar-refractivity contribution in [1.82, 2.24) is 9.88 Å². The first-order valence-electron chi connectivity index (χ1n) is 7.39.